The fraction of sp³-hybridized carbons (Fsp3) is 0.833. The van der Waals surface area contributed by atoms with E-state index in [1.807, 2.05) is 0 Å². The summed E-state index contributed by atoms with van der Waals surface area (Å²) < 4.78 is 0. The van der Waals surface area contributed by atoms with Crippen LogP contribution >= 0.6 is 0 Å². The Hall–Kier alpha value is -0.300. The first-order chi connectivity index (χ1) is 6.29. The zero-order valence-corrected chi connectivity index (χ0v) is 8.68. The maximum Gasteiger partial charge on any atom is 0.0190 e. The minimum absolute atomic E-state index is 0.407. The zero-order valence-electron chi connectivity index (χ0n) is 8.68. The van der Waals surface area contributed by atoms with Gasteiger partial charge in [-0.1, -0.05) is 18.6 Å². The van der Waals surface area contributed by atoms with E-state index in [9.17, 15) is 0 Å². The smallest absolute Gasteiger partial charge is 0.0190 e. The van der Waals surface area contributed by atoms with Gasteiger partial charge in [0.15, 0.2) is 0 Å². The Balaban J connectivity index is 1.74. The van der Waals surface area contributed by atoms with E-state index in [2.05, 4.69) is 24.4 Å². The van der Waals surface area contributed by atoms with Crippen molar-refractivity contribution < 1.29 is 0 Å². The second-order valence-corrected chi connectivity index (χ2v) is 4.95. The molecule has 2 aliphatic rings. The fourth-order valence-corrected chi connectivity index (χ4v) is 2.21. The normalized spacial score (nSPS) is 34.5. The number of allylic oxidation sites excluding steroid dienone is 1. The van der Waals surface area contributed by atoms with Gasteiger partial charge in [-0.15, -0.1) is 0 Å². The van der Waals surface area contributed by atoms with Gasteiger partial charge in [-0.3, -0.25) is 0 Å². The maximum atomic E-state index is 3.75. The van der Waals surface area contributed by atoms with Gasteiger partial charge in [0, 0.05) is 5.54 Å². The topological polar surface area (TPSA) is 12.0 Å². The molecule has 0 aromatic heterocycles. The molecule has 0 saturated heterocycles. The summed E-state index contributed by atoms with van der Waals surface area (Å²) in [4.78, 5) is 0. The van der Waals surface area contributed by atoms with Crippen LogP contribution in [0.25, 0.3) is 0 Å². The highest BCUT2D eigenvalue weighted by atomic mass is 15.0. The second kappa shape index (κ2) is 3.83. The highest BCUT2D eigenvalue weighted by molar-refractivity contribution is 5.00. The molecule has 2 rings (SSSR count). The molecular formula is C12H21N. The van der Waals surface area contributed by atoms with Crippen LogP contribution in [-0.2, 0) is 0 Å². The third-order valence-electron chi connectivity index (χ3n) is 3.64. The third kappa shape index (κ3) is 2.34. The Kier molecular flexibility index (Phi) is 2.73. The van der Waals surface area contributed by atoms with Crippen LogP contribution in [-0.4, -0.2) is 12.1 Å². The molecule has 0 aromatic carbocycles. The van der Waals surface area contributed by atoms with E-state index >= 15 is 0 Å². The highest BCUT2D eigenvalue weighted by Crippen LogP contribution is 2.28. The average molecular weight is 179 g/mol. The number of rotatable bonds is 3. The summed E-state index contributed by atoms with van der Waals surface area (Å²) in [6.07, 6.45) is 12.8. The molecule has 0 heterocycles. The molecule has 0 amide bonds. The first kappa shape index (κ1) is 9.26. The highest BCUT2D eigenvalue weighted by Gasteiger charge is 2.26. The van der Waals surface area contributed by atoms with E-state index < -0.39 is 0 Å². The van der Waals surface area contributed by atoms with Crippen LogP contribution in [0.2, 0.25) is 0 Å². The second-order valence-electron chi connectivity index (χ2n) is 4.95. The van der Waals surface area contributed by atoms with Crippen LogP contribution in [0.3, 0.4) is 0 Å². The lowest BCUT2D eigenvalue weighted by molar-refractivity contribution is 0.243. The Bertz CT molecular complexity index is 193. The van der Waals surface area contributed by atoms with Crippen molar-refractivity contribution >= 4 is 0 Å². The van der Waals surface area contributed by atoms with E-state index in [-0.39, 0.29) is 0 Å². The maximum absolute atomic E-state index is 3.75. The van der Waals surface area contributed by atoms with Crippen molar-refractivity contribution in [1.82, 2.24) is 5.32 Å². The SMILES string of the molecule is CC1(NCC2CCC2)CC=CCC1. The van der Waals surface area contributed by atoms with Crippen molar-refractivity contribution in [3.63, 3.8) is 0 Å². The summed E-state index contributed by atoms with van der Waals surface area (Å²) in [5, 5.41) is 3.75. The molecule has 0 aliphatic heterocycles. The van der Waals surface area contributed by atoms with Crippen molar-refractivity contribution in [2.24, 2.45) is 5.92 Å². The number of hydrogen-bond donors (Lipinski definition) is 1. The molecule has 74 valence electrons. The third-order valence-corrected chi connectivity index (χ3v) is 3.64. The Morgan fingerprint density at radius 3 is 2.77 bits per heavy atom. The molecule has 2 aliphatic carbocycles. The summed E-state index contributed by atoms with van der Waals surface area (Å²) in [7, 11) is 0. The van der Waals surface area contributed by atoms with Gasteiger partial charge in [0.1, 0.15) is 0 Å². The van der Waals surface area contributed by atoms with Crippen molar-refractivity contribution in [3.05, 3.63) is 12.2 Å². The molecule has 1 nitrogen and oxygen atoms in total. The molecule has 1 unspecified atom stereocenters. The first-order valence-electron chi connectivity index (χ1n) is 5.69. The molecule has 1 fully saturated rings. The van der Waals surface area contributed by atoms with E-state index in [1.165, 1.54) is 45.1 Å². The Morgan fingerprint density at radius 2 is 2.23 bits per heavy atom. The van der Waals surface area contributed by atoms with E-state index in [4.69, 9.17) is 0 Å². The molecule has 1 heteroatoms. The average Bonchev–Trinajstić information content (AvgIpc) is 2.02. The summed E-state index contributed by atoms with van der Waals surface area (Å²) in [6, 6.07) is 0. The van der Waals surface area contributed by atoms with Gasteiger partial charge in [0.25, 0.3) is 0 Å². The van der Waals surface area contributed by atoms with Crippen LogP contribution in [0.5, 0.6) is 0 Å². The molecule has 1 saturated carbocycles. The van der Waals surface area contributed by atoms with Crippen LogP contribution in [0.4, 0.5) is 0 Å². The van der Waals surface area contributed by atoms with Crippen LogP contribution in [0, 0.1) is 5.92 Å². The summed E-state index contributed by atoms with van der Waals surface area (Å²) in [5.74, 6) is 0.989. The van der Waals surface area contributed by atoms with E-state index in [0.29, 0.717) is 5.54 Å². The summed E-state index contributed by atoms with van der Waals surface area (Å²) >= 11 is 0. The quantitative estimate of drug-likeness (QED) is 0.657. The lowest BCUT2D eigenvalue weighted by Crippen LogP contribution is -2.45. The molecule has 0 aromatic rings. The first-order valence-corrected chi connectivity index (χ1v) is 5.69. The molecule has 13 heavy (non-hydrogen) atoms. The number of hydrogen-bond acceptors (Lipinski definition) is 1. The Morgan fingerprint density at radius 1 is 1.38 bits per heavy atom. The predicted octanol–water partition coefficient (Wildman–Crippen LogP) is 2.87. The van der Waals surface area contributed by atoms with Gasteiger partial charge >= 0.3 is 0 Å². The standard InChI is InChI=1S/C12H21N/c1-12(8-3-2-4-9-12)13-10-11-6-5-7-11/h2-3,11,13H,4-10H2,1H3. The van der Waals surface area contributed by atoms with Gasteiger partial charge in [-0.05, 0) is 51.5 Å². The minimum Gasteiger partial charge on any atom is -0.311 e. The van der Waals surface area contributed by atoms with Crippen molar-refractivity contribution in [1.29, 1.82) is 0 Å². The zero-order chi connectivity index (χ0) is 9.15. The van der Waals surface area contributed by atoms with Gasteiger partial charge in [-0.2, -0.15) is 0 Å². The monoisotopic (exact) mass is 179 g/mol. The van der Waals surface area contributed by atoms with Crippen LogP contribution in [0.1, 0.15) is 45.4 Å². The van der Waals surface area contributed by atoms with E-state index in [1.54, 1.807) is 0 Å². The lowest BCUT2D eigenvalue weighted by Gasteiger charge is -2.36. The molecule has 0 radical (unpaired) electrons. The summed E-state index contributed by atoms with van der Waals surface area (Å²) in [5.41, 5.74) is 0.407. The molecule has 1 N–H and O–H groups in total. The van der Waals surface area contributed by atoms with Crippen molar-refractivity contribution in [2.45, 2.75) is 51.0 Å². The van der Waals surface area contributed by atoms with Gasteiger partial charge in [0.05, 0.1) is 0 Å². The Labute approximate surface area is 81.6 Å². The number of nitrogens with one attached hydrogen (secondary N) is 1. The van der Waals surface area contributed by atoms with Crippen LogP contribution in [0.15, 0.2) is 12.2 Å². The fourth-order valence-electron chi connectivity index (χ4n) is 2.21. The predicted molar refractivity (Wildman–Crippen MR) is 56.7 cm³/mol. The minimum atomic E-state index is 0.407. The van der Waals surface area contributed by atoms with Crippen LogP contribution < -0.4 is 5.32 Å². The van der Waals surface area contributed by atoms with Crippen molar-refractivity contribution in [3.8, 4) is 0 Å². The van der Waals surface area contributed by atoms with E-state index in [0.717, 1.165) is 5.92 Å². The van der Waals surface area contributed by atoms with Gasteiger partial charge in [-0.25, -0.2) is 0 Å². The largest absolute Gasteiger partial charge is 0.311 e. The lowest BCUT2D eigenvalue weighted by atomic mass is 9.83. The summed E-state index contributed by atoms with van der Waals surface area (Å²) in [6.45, 7) is 3.62. The molecular weight excluding hydrogens is 158 g/mol. The van der Waals surface area contributed by atoms with Gasteiger partial charge < -0.3 is 5.32 Å². The molecule has 0 spiro atoms. The molecule has 1 atom stereocenters. The van der Waals surface area contributed by atoms with Crippen molar-refractivity contribution in [2.75, 3.05) is 6.54 Å². The molecule has 0 bridgehead atoms. The van der Waals surface area contributed by atoms with Gasteiger partial charge in [0.2, 0.25) is 0 Å².